The maximum atomic E-state index is 13.8. The summed E-state index contributed by atoms with van der Waals surface area (Å²) in [5.41, 5.74) is 0.391. The van der Waals surface area contributed by atoms with Gasteiger partial charge in [0.25, 0.3) is 0 Å². The van der Waals surface area contributed by atoms with E-state index in [2.05, 4.69) is 0 Å². The van der Waals surface area contributed by atoms with Gasteiger partial charge < -0.3 is 4.74 Å². The molecule has 0 N–H and O–H groups in total. The third kappa shape index (κ3) is 2.68. The summed E-state index contributed by atoms with van der Waals surface area (Å²) < 4.78 is 19.4. The molecule has 0 radical (unpaired) electrons. The van der Waals surface area contributed by atoms with Crippen LogP contribution in [0.4, 0.5) is 4.39 Å². The molecule has 2 aromatic rings. The van der Waals surface area contributed by atoms with Crippen LogP contribution in [0.2, 0.25) is 5.02 Å². The van der Waals surface area contributed by atoms with E-state index in [4.69, 9.17) is 16.3 Å². The van der Waals surface area contributed by atoms with Gasteiger partial charge in [-0.05, 0) is 49.2 Å². The molecular formula is C16H12ClFO2. The van der Waals surface area contributed by atoms with E-state index in [1.54, 1.807) is 30.3 Å². The molecule has 0 bridgehead atoms. The Kier molecular flexibility index (Phi) is 3.45. The summed E-state index contributed by atoms with van der Waals surface area (Å²) in [6, 6.07) is 11.1. The predicted octanol–water partition coefficient (Wildman–Crippen LogP) is 4.25. The molecule has 2 nitrogen and oxygen atoms in total. The van der Waals surface area contributed by atoms with Crippen LogP contribution < -0.4 is 4.74 Å². The Labute approximate surface area is 121 Å². The van der Waals surface area contributed by atoms with Crippen LogP contribution in [0.25, 0.3) is 0 Å². The molecule has 0 aliphatic heterocycles. The fourth-order valence-corrected chi connectivity index (χ4v) is 2.07. The van der Waals surface area contributed by atoms with Gasteiger partial charge >= 0.3 is 0 Å². The topological polar surface area (TPSA) is 26.3 Å². The third-order valence-electron chi connectivity index (χ3n) is 3.14. The highest BCUT2D eigenvalue weighted by atomic mass is 35.5. The minimum Gasteiger partial charge on any atom is -0.490 e. The predicted molar refractivity (Wildman–Crippen MR) is 74.9 cm³/mol. The van der Waals surface area contributed by atoms with Crippen LogP contribution in [0, 0.1) is 5.82 Å². The van der Waals surface area contributed by atoms with Crippen LogP contribution in [0.3, 0.4) is 0 Å². The van der Waals surface area contributed by atoms with Crippen molar-refractivity contribution in [2.75, 3.05) is 0 Å². The zero-order chi connectivity index (χ0) is 14.1. The standard InChI is InChI=1S/C16H12ClFO2/c17-14-3-1-2-13(15(14)18)16(19)10-4-6-11(7-5-10)20-12-8-9-12/h1-7,12H,8-9H2. The molecule has 1 fully saturated rings. The van der Waals surface area contributed by atoms with Crippen molar-refractivity contribution >= 4 is 17.4 Å². The summed E-state index contributed by atoms with van der Waals surface area (Å²) in [4.78, 5) is 12.2. The van der Waals surface area contributed by atoms with Gasteiger partial charge in [-0.25, -0.2) is 4.39 Å². The van der Waals surface area contributed by atoms with Crippen LogP contribution in [-0.2, 0) is 0 Å². The molecule has 0 spiro atoms. The van der Waals surface area contributed by atoms with Crippen LogP contribution in [0.15, 0.2) is 42.5 Å². The van der Waals surface area contributed by atoms with E-state index in [0.29, 0.717) is 11.7 Å². The average Bonchev–Trinajstić information content (AvgIpc) is 3.26. The smallest absolute Gasteiger partial charge is 0.196 e. The highest BCUT2D eigenvalue weighted by molar-refractivity contribution is 6.31. The van der Waals surface area contributed by atoms with E-state index < -0.39 is 5.82 Å². The molecule has 0 aromatic heterocycles. The van der Waals surface area contributed by atoms with Gasteiger partial charge in [0, 0.05) is 5.56 Å². The van der Waals surface area contributed by atoms with E-state index in [9.17, 15) is 9.18 Å². The largest absolute Gasteiger partial charge is 0.490 e. The van der Waals surface area contributed by atoms with Crippen LogP contribution in [-0.4, -0.2) is 11.9 Å². The van der Waals surface area contributed by atoms with Crippen molar-refractivity contribution in [1.29, 1.82) is 0 Å². The number of halogens is 2. The second-order valence-electron chi connectivity index (χ2n) is 4.77. The molecule has 20 heavy (non-hydrogen) atoms. The first-order valence-electron chi connectivity index (χ1n) is 6.40. The quantitative estimate of drug-likeness (QED) is 0.787. The first-order valence-corrected chi connectivity index (χ1v) is 6.78. The summed E-state index contributed by atoms with van der Waals surface area (Å²) in [5.74, 6) is -0.337. The van der Waals surface area contributed by atoms with Gasteiger partial charge in [-0.15, -0.1) is 0 Å². The molecule has 102 valence electrons. The highest BCUT2D eigenvalue weighted by Crippen LogP contribution is 2.27. The molecule has 1 aliphatic carbocycles. The maximum absolute atomic E-state index is 13.8. The fraction of sp³-hybridized carbons (Fsp3) is 0.188. The van der Waals surface area contributed by atoms with Gasteiger partial charge in [-0.1, -0.05) is 17.7 Å². The SMILES string of the molecule is O=C(c1ccc(OC2CC2)cc1)c1cccc(Cl)c1F. The third-order valence-corrected chi connectivity index (χ3v) is 3.43. The van der Waals surface area contributed by atoms with Crippen LogP contribution in [0.5, 0.6) is 5.75 Å². The van der Waals surface area contributed by atoms with Gasteiger partial charge in [0.05, 0.1) is 16.7 Å². The van der Waals surface area contributed by atoms with Crippen molar-refractivity contribution < 1.29 is 13.9 Å². The number of hydrogen-bond donors (Lipinski definition) is 0. The molecule has 2 aromatic carbocycles. The highest BCUT2D eigenvalue weighted by Gasteiger charge is 2.23. The van der Waals surface area contributed by atoms with E-state index in [-0.39, 0.29) is 16.4 Å². The Morgan fingerprint density at radius 2 is 1.85 bits per heavy atom. The van der Waals surface area contributed by atoms with Crippen molar-refractivity contribution in [2.45, 2.75) is 18.9 Å². The number of rotatable bonds is 4. The molecule has 1 aliphatic rings. The zero-order valence-electron chi connectivity index (χ0n) is 10.6. The summed E-state index contributed by atoms with van der Waals surface area (Å²) in [7, 11) is 0. The maximum Gasteiger partial charge on any atom is 0.196 e. The Morgan fingerprint density at radius 3 is 2.50 bits per heavy atom. The molecule has 0 heterocycles. The summed E-state index contributed by atoms with van der Waals surface area (Å²) >= 11 is 5.69. The molecule has 4 heteroatoms. The Balaban J connectivity index is 1.84. The lowest BCUT2D eigenvalue weighted by atomic mass is 10.0. The van der Waals surface area contributed by atoms with Crippen LogP contribution in [0.1, 0.15) is 28.8 Å². The monoisotopic (exact) mass is 290 g/mol. The number of carbonyl (C=O) groups is 1. The van der Waals surface area contributed by atoms with E-state index in [1.165, 1.54) is 12.1 Å². The molecule has 0 atom stereocenters. The lowest BCUT2D eigenvalue weighted by Gasteiger charge is -2.06. The minimum atomic E-state index is -0.683. The van der Waals surface area contributed by atoms with Gasteiger partial charge in [0.2, 0.25) is 0 Å². The van der Waals surface area contributed by atoms with Crippen molar-refractivity contribution in [3.63, 3.8) is 0 Å². The van der Waals surface area contributed by atoms with Crippen molar-refractivity contribution in [3.05, 3.63) is 64.4 Å². The summed E-state index contributed by atoms with van der Waals surface area (Å²) in [6.07, 6.45) is 2.46. The van der Waals surface area contributed by atoms with E-state index in [1.807, 2.05) is 0 Å². The molecule has 0 amide bonds. The lowest BCUT2D eigenvalue weighted by molar-refractivity contribution is 0.103. The van der Waals surface area contributed by atoms with Crippen LogP contribution >= 0.6 is 11.6 Å². The minimum absolute atomic E-state index is 0.0200. The summed E-state index contributed by atoms with van der Waals surface area (Å²) in [6.45, 7) is 0. The van der Waals surface area contributed by atoms with Gasteiger partial charge in [-0.2, -0.15) is 0 Å². The molecule has 0 saturated heterocycles. The first-order chi connectivity index (χ1) is 9.65. The first kappa shape index (κ1) is 13.1. The van der Waals surface area contributed by atoms with Crippen molar-refractivity contribution in [1.82, 2.24) is 0 Å². The normalized spacial score (nSPS) is 14.1. The van der Waals surface area contributed by atoms with Gasteiger partial charge in [0.15, 0.2) is 11.6 Å². The number of hydrogen-bond acceptors (Lipinski definition) is 2. The van der Waals surface area contributed by atoms with E-state index >= 15 is 0 Å². The number of benzene rings is 2. The Bertz CT molecular complexity index is 648. The fourth-order valence-electron chi connectivity index (χ4n) is 1.90. The van der Waals surface area contributed by atoms with Gasteiger partial charge in [0.1, 0.15) is 5.75 Å². The molecule has 0 unspecified atom stereocenters. The second kappa shape index (κ2) is 5.25. The molecule has 3 rings (SSSR count). The Morgan fingerprint density at radius 1 is 1.15 bits per heavy atom. The number of ether oxygens (including phenoxy) is 1. The average molecular weight is 291 g/mol. The molecule has 1 saturated carbocycles. The summed E-state index contributed by atoms with van der Waals surface area (Å²) in [5, 5.41) is -0.0514. The van der Waals surface area contributed by atoms with Gasteiger partial charge in [-0.3, -0.25) is 4.79 Å². The van der Waals surface area contributed by atoms with Crippen molar-refractivity contribution in [3.8, 4) is 5.75 Å². The number of ketones is 1. The Hall–Kier alpha value is -1.87. The van der Waals surface area contributed by atoms with Crippen molar-refractivity contribution in [2.24, 2.45) is 0 Å². The lowest BCUT2D eigenvalue weighted by Crippen LogP contribution is -2.05. The zero-order valence-corrected chi connectivity index (χ0v) is 11.4. The number of carbonyl (C=O) groups excluding carboxylic acids is 1. The molecular weight excluding hydrogens is 279 g/mol. The van der Waals surface area contributed by atoms with E-state index in [0.717, 1.165) is 18.6 Å². The second-order valence-corrected chi connectivity index (χ2v) is 5.18.